The predicted molar refractivity (Wildman–Crippen MR) is 82.8 cm³/mol. The van der Waals surface area contributed by atoms with Gasteiger partial charge >= 0.3 is 135 Å². The number of hydrogen-bond donors (Lipinski definition) is 0. The van der Waals surface area contributed by atoms with Gasteiger partial charge in [0.05, 0.1) is 0 Å². The molecule has 0 radical (unpaired) electrons. The van der Waals surface area contributed by atoms with E-state index in [1.165, 1.54) is 41.7 Å². The molecular formula is C18H24Cl2NTi. The molecule has 0 fully saturated rings. The molecule has 0 amide bonds. The summed E-state index contributed by atoms with van der Waals surface area (Å²) < 4.78 is 2.47. The molecule has 0 spiro atoms. The summed E-state index contributed by atoms with van der Waals surface area (Å²) in [6.07, 6.45) is 8.12. The van der Waals surface area contributed by atoms with E-state index in [0.717, 1.165) is 6.42 Å². The first-order chi connectivity index (χ1) is 9.65. The number of allylic oxidation sites excluding steroid dienone is 4. The molecule has 4 heteroatoms. The monoisotopic (exact) mass is 372 g/mol. The average Bonchev–Trinajstić information content (AvgIpc) is 2.90. The number of unbranched alkanes of at least 4 members (excludes halogenated alkanes) is 1. The van der Waals surface area contributed by atoms with Gasteiger partial charge in [-0.25, -0.2) is 0 Å². The molecule has 0 bridgehead atoms. The van der Waals surface area contributed by atoms with Crippen molar-refractivity contribution in [3.8, 4) is 0 Å². The van der Waals surface area contributed by atoms with Gasteiger partial charge in [0.1, 0.15) is 0 Å². The zero-order valence-electron chi connectivity index (χ0n) is 13.6. The number of rotatable bonds is 6. The van der Waals surface area contributed by atoms with Gasteiger partial charge < -0.3 is 24.8 Å². The molecule has 119 valence electrons. The molecule has 1 unspecified atom stereocenters. The molecule has 0 aliphatic heterocycles. The van der Waals surface area contributed by atoms with Crippen LogP contribution in [0.15, 0.2) is 42.0 Å². The van der Waals surface area contributed by atoms with Crippen LogP contribution in [0.1, 0.15) is 57.2 Å². The van der Waals surface area contributed by atoms with Crippen LogP contribution in [0.4, 0.5) is 0 Å². The van der Waals surface area contributed by atoms with E-state index in [9.17, 15) is 0 Å². The molecule has 1 nitrogen and oxygen atoms in total. The van der Waals surface area contributed by atoms with Gasteiger partial charge in [-0.3, -0.25) is 0 Å². The first-order valence-corrected chi connectivity index (χ1v) is 8.28. The summed E-state index contributed by atoms with van der Waals surface area (Å²) in [6.45, 7) is 7.97. The summed E-state index contributed by atoms with van der Waals surface area (Å²) in [4.78, 5) is 0. The van der Waals surface area contributed by atoms with Crippen LogP contribution in [0.5, 0.6) is 0 Å². The Bertz CT molecular complexity index is 526. The fourth-order valence-electron chi connectivity index (χ4n) is 2.76. The fraction of sp³-hybridized carbons (Fsp3) is 0.444. The maximum atomic E-state index is 2.47. The van der Waals surface area contributed by atoms with Crippen LogP contribution in [0.2, 0.25) is 0 Å². The standard InChI is InChI=1S/C18H24N.2ClH.Ti/c1-4-5-13-19-15(3)17-10-6-7-11-18(17)16-12-8-9-14(16)2;;;/h6-11,15H,4-5,12-13H2,1-3H3;2*1H;/q-1;;;+3/p-2. The molecule has 1 aliphatic carbocycles. The number of benzene rings is 1. The second kappa shape index (κ2) is 10.7. The molecule has 0 N–H and O–H groups in total. The van der Waals surface area contributed by atoms with Crippen LogP contribution < -0.4 is 24.8 Å². The molecule has 2 rings (SSSR count). The Labute approximate surface area is 159 Å². The van der Waals surface area contributed by atoms with Crippen molar-refractivity contribution in [2.24, 2.45) is 0 Å². The predicted octanol–water partition coefficient (Wildman–Crippen LogP) is -0.947. The smallest absolute Gasteiger partial charge is 1.00 e. The second-order valence-electron chi connectivity index (χ2n) is 5.58. The van der Waals surface area contributed by atoms with Gasteiger partial charge in [0.15, 0.2) is 0 Å². The molecule has 1 atom stereocenters. The number of hydrogen-bond acceptors (Lipinski definition) is 1. The Hall–Kier alpha value is -0.0457. The van der Waals surface area contributed by atoms with Gasteiger partial charge in [0.25, 0.3) is 0 Å². The maximum absolute atomic E-state index is 2.47. The van der Waals surface area contributed by atoms with Crippen LogP contribution in [0.3, 0.4) is 0 Å². The van der Waals surface area contributed by atoms with Gasteiger partial charge in [0, 0.05) is 0 Å². The van der Waals surface area contributed by atoms with E-state index in [-0.39, 0.29) is 24.8 Å². The second-order valence-corrected chi connectivity index (χ2v) is 6.48. The topological polar surface area (TPSA) is 3.24 Å². The fourth-order valence-corrected chi connectivity index (χ4v) is 3.23. The summed E-state index contributed by atoms with van der Waals surface area (Å²) >= 11 is 2.24. The van der Waals surface area contributed by atoms with Gasteiger partial charge in [-0.15, -0.1) is 0 Å². The third kappa shape index (κ3) is 5.25. The van der Waals surface area contributed by atoms with E-state index in [0.29, 0.717) is 6.04 Å². The number of halogens is 2. The first kappa shape index (κ1) is 22.0. The van der Waals surface area contributed by atoms with Crippen LogP contribution in [-0.2, 0) is 20.7 Å². The van der Waals surface area contributed by atoms with Crippen LogP contribution in [0.25, 0.3) is 5.57 Å². The van der Waals surface area contributed by atoms with Crippen LogP contribution in [0, 0.1) is 0 Å². The van der Waals surface area contributed by atoms with Crippen molar-refractivity contribution in [2.45, 2.75) is 46.1 Å². The Morgan fingerprint density at radius 1 is 1.23 bits per heavy atom. The first-order valence-electron chi connectivity index (χ1n) is 7.58. The molecule has 22 heavy (non-hydrogen) atoms. The molecule has 0 heterocycles. The maximum Gasteiger partial charge on any atom is -1.00 e. The van der Waals surface area contributed by atoms with E-state index in [4.69, 9.17) is 0 Å². The normalized spacial score (nSPS) is 14.8. The van der Waals surface area contributed by atoms with Crippen LogP contribution >= 0.6 is 0 Å². The van der Waals surface area contributed by atoms with Gasteiger partial charge in [-0.05, 0) is 0 Å². The van der Waals surface area contributed by atoms with Gasteiger partial charge in [-0.1, -0.05) is 0 Å². The van der Waals surface area contributed by atoms with Crippen molar-refractivity contribution < 1.29 is 45.5 Å². The van der Waals surface area contributed by atoms with Crippen molar-refractivity contribution in [3.63, 3.8) is 0 Å². The molecule has 0 saturated heterocycles. The molecule has 1 aromatic carbocycles. The van der Waals surface area contributed by atoms with Crippen LogP contribution in [-0.4, -0.2) is 9.93 Å². The average molecular weight is 373 g/mol. The summed E-state index contributed by atoms with van der Waals surface area (Å²) in [5, 5.41) is 0. The largest absolute Gasteiger partial charge is 1.00 e. The minimum atomic E-state index is 0. The van der Waals surface area contributed by atoms with E-state index >= 15 is 0 Å². The van der Waals surface area contributed by atoms with E-state index in [2.05, 4.69) is 81.3 Å². The van der Waals surface area contributed by atoms with E-state index in [1.54, 1.807) is 0 Å². The molecule has 0 aromatic heterocycles. The summed E-state index contributed by atoms with van der Waals surface area (Å²) in [6, 6.07) is 9.38. The zero-order chi connectivity index (χ0) is 14.5. The summed E-state index contributed by atoms with van der Waals surface area (Å²) in [5.74, 6) is 0. The van der Waals surface area contributed by atoms with Gasteiger partial charge in [-0.2, -0.15) is 0 Å². The Kier molecular flexibility index (Phi) is 10.7. The van der Waals surface area contributed by atoms with E-state index in [1.807, 2.05) is 0 Å². The summed E-state index contributed by atoms with van der Waals surface area (Å²) in [7, 11) is 0. The Morgan fingerprint density at radius 3 is 2.50 bits per heavy atom. The minimum Gasteiger partial charge on any atom is -1.00 e. The van der Waals surface area contributed by atoms with E-state index < -0.39 is 0 Å². The zero-order valence-corrected chi connectivity index (χ0v) is 16.6. The Morgan fingerprint density at radius 2 is 1.91 bits per heavy atom. The quantitative estimate of drug-likeness (QED) is 0.582. The molecule has 1 aromatic rings. The minimum absolute atomic E-state index is 0. The molecular weight excluding hydrogens is 349 g/mol. The molecule has 0 saturated carbocycles. The van der Waals surface area contributed by atoms with Gasteiger partial charge in [0.2, 0.25) is 0 Å². The van der Waals surface area contributed by atoms with Crippen molar-refractivity contribution in [1.29, 1.82) is 0 Å². The third-order valence-electron chi connectivity index (χ3n) is 4.12. The number of nitrogens with zero attached hydrogens (tertiary/aromatic N) is 1. The van der Waals surface area contributed by atoms with Crippen molar-refractivity contribution in [3.05, 3.63) is 53.1 Å². The van der Waals surface area contributed by atoms with Crippen molar-refractivity contribution >= 4 is 5.57 Å². The Balaban J connectivity index is 0.00000220. The van der Waals surface area contributed by atoms with Crippen molar-refractivity contribution in [1.82, 2.24) is 3.38 Å². The third-order valence-corrected chi connectivity index (χ3v) is 5.08. The summed E-state index contributed by atoms with van der Waals surface area (Å²) in [5.41, 5.74) is 5.81. The SMILES string of the molecule is CCCC[N]([Ti+2])C(C)c1ccccc1C1=C(C)C=CC1.[Cl-].[Cl-]. The van der Waals surface area contributed by atoms with Crippen molar-refractivity contribution in [2.75, 3.05) is 6.54 Å². The molecule has 1 aliphatic rings.